The predicted molar refractivity (Wildman–Crippen MR) is 96.3 cm³/mol. The van der Waals surface area contributed by atoms with Crippen LogP contribution in [-0.4, -0.2) is 25.6 Å². The molecule has 1 aromatic rings. The normalized spacial score (nSPS) is 31.5. The summed E-state index contributed by atoms with van der Waals surface area (Å²) in [6.45, 7) is 0.232. The number of methoxy groups -OCH3 is 1. The van der Waals surface area contributed by atoms with Crippen LogP contribution < -0.4 is 10.1 Å². The molecule has 1 aromatic carbocycles. The van der Waals surface area contributed by atoms with Crippen LogP contribution in [0.15, 0.2) is 24.3 Å². The molecule has 0 saturated heterocycles. The van der Waals surface area contributed by atoms with Crippen LogP contribution in [0.25, 0.3) is 0 Å². The van der Waals surface area contributed by atoms with Gasteiger partial charge in [-0.25, -0.2) is 0 Å². The predicted octanol–water partition coefficient (Wildman–Crippen LogP) is 2.93. The minimum absolute atomic E-state index is 0.0252. The van der Waals surface area contributed by atoms with Crippen molar-refractivity contribution in [3.05, 3.63) is 29.8 Å². The fraction of sp³-hybridized carbons (Fsp3) is 0.619. The summed E-state index contributed by atoms with van der Waals surface area (Å²) in [5, 5.41) is 2.80. The van der Waals surface area contributed by atoms with Crippen LogP contribution in [0.4, 0.5) is 0 Å². The highest BCUT2D eigenvalue weighted by Crippen LogP contribution is 2.56. The highest BCUT2D eigenvalue weighted by Gasteiger charge is 2.51. The summed E-state index contributed by atoms with van der Waals surface area (Å²) in [6, 6.07) is 7.52. The molecule has 0 aromatic heterocycles. The van der Waals surface area contributed by atoms with Crippen molar-refractivity contribution < 1.29 is 19.1 Å². The zero-order valence-electron chi connectivity index (χ0n) is 15.3. The summed E-state index contributed by atoms with van der Waals surface area (Å²) in [4.78, 5) is 24.6. The van der Waals surface area contributed by atoms with Crippen LogP contribution in [0, 0.1) is 29.6 Å². The largest absolute Gasteiger partial charge is 0.497 e. The van der Waals surface area contributed by atoms with Crippen LogP contribution in [0.1, 0.15) is 37.7 Å². The van der Waals surface area contributed by atoms with E-state index in [9.17, 15) is 9.59 Å². The molecule has 4 fully saturated rings. The van der Waals surface area contributed by atoms with Crippen molar-refractivity contribution in [1.82, 2.24) is 5.32 Å². The molecule has 5 heteroatoms. The highest BCUT2D eigenvalue weighted by molar-refractivity contribution is 5.81. The number of esters is 1. The first kappa shape index (κ1) is 17.4. The van der Waals surface area contributed by atoms with E-state index >= 15 is 0 Å². The highest BCUT2D eigenvalue weighted by atomic mass is 16.5. The lowest BCUT2D eigenvalue weighted by molar-refractivity contribution is -0.164. The Morgan fingerprint density at radius 2 is 1.62 bits per heavy atom. The summed E-state index contributed by atoms with van der Waals surface area (Å²) in [6.07, 6.45) is 6.07. The van der Waals surface area contributed by atoms with Gasteiger partial charge in [0.25, 0.3) is 5.91 Å². The monoisotopic (exact) mass is 357 g/mol. The number of carbonyl (C=O) groups excluding carboxylic acids is 2. The van der Waals surface area contributed by atoms with E-state index < -0.39 is 0 Å². The second kappa shape index (κ2) is 7.29. The number of benzene rings is 1. The lowest BCUT2D eigenvalue weighted by Gasteiger charge is -2.53. The second-order valence-corrected chi connectivity index (χ2v) is 8.19. The Bertz CT molecular complexity index is 641. The molecular formula is C21H27NO4. The number of ether oxygens (including phenoxy) is 2. The quantitative estimate of drug-likeness (QED) is 0.795. The van der Waals surface area contributed by atoms with Crippen LogP contribution in [0.2, 0.25) is 0 Å². The molecule has 1 amide bonds. The summed E-state index contributed by atoms with van der Waals surface area (Å²) in [7, 11) is 1.62. The molecule has 5 rings (SSSR count). The minimum atomic E-state index is -0.252. The van der Waals surface area contributed by atoms with E-state index in [0.29, 0.717) is 18.4 Å². The molecule has 0 spiro atoms. The van der Waals surface area contributed by atoms with Crippen molar-refractivity contribution in [2.24, 2.45) is 29.6 Å². The lowest BCUT2D eigenvalue weighted by Crippen LogP contribution is -2.48. The second-order valence-electron chi connectivity index (χ2n) is 8.19. The molecular weight excluding hydrogens is 330 g/mol. The van der Waals surface area contributed by atoms with Crippen molar-refractivity contribution in [2.45, 2.75) is 38.6 Å². The SMILES string of the molecule is COc1ccc(CNC(=O)COC(=O)C2C3CC4CC(C3)CC2C4)cc1. The number of hydrogen-bond acceptors (Lipinski definition) is 4. The van der Waals surface area contributed by atoms with Gasteiger partial charge >= 0.3 is 5.97 Å². The lowest BCUT2D eigenvalue weighted by atomic mass is 9.52. The minimum Gasteiger partial charge on any atom is -0.497 e. The van der Waals surface area contributed by atoms with Crippen LogP contribution in [0.3, 0.4) is 0 Å². The van der Waals surface area contributed by atoms with Gasteiger partial charge in [-0.15, -0.1) is 0 Å². The number of rotatable bonds is 6. The smallest absolute Gasteiger partial charge is 0.310 e. The van der Waals surface area contributed by atoms with Gasteiger partial charge in [-0.1, -0.05) is 12.1 Å². The Labute approximate surface area is 154 Å². The molecule has 0 atom stereocenters. The first-order valence-electron chi connectivity index (χ1n) is 9.68. The molecule has 4 bridgehead atoms. The van der Waals surface area contributed by atoms with E-state index in [0.717, 1.165) is 23.1 Å². The number of carbonyl (C=O) groups is 2. The van der Waals surface area contributed by atoms with Gasteiger partial charge in [0, 0.05) is 6.54 Å². The Kier molecular flexibility index (Phi) is 4.88. The number of nitrogens with one attached hydrogen (secondary N) is 1. The van der Waals surface area contributed by atoms with Gasteiger partial charge in [0.2, 0.25) is 0 Å². The van der Waals surface area contributed by atoms with Gasteiger partial charge in [0.05, 0.1) is 13.0 Å². The molecule has 0 aliphatic heterocycles. The Morgan fingerprint density at radius 1 is 1.00 bits per heavy atom. The molecule has 4 aliphatic rings. The fourth-order valence-electron chi connectivity index (χ4n) is 5.54. The zero-order chi connectivity index (χ0) is 18.1. The average Bonchev–Trinajstić information content (AvgIpc) is 2.64. The maximum absolute atomic E-state index is 12.6. The molecule has 4 aliphatic carbocycles. The summed E-state index contributed by atoms with van der Waals surface area (Å²) in [5.74, 6) is 3.03. The van der Waals surface area contributed by atoms with Crippen molar-refractivity contribution in [3.63, 3.8) is 0 Å². The van der Waals surface area contributed by atoms with Crippen LogP contribution >= 0.6 is 0 Å². The Morgan fingerprint density at radius 3 is 2.19 bits per heavy atom. The van der Waals surface area contributed by atoms with Gasteiger partial charge in [-0.2, -0.15) is 0 Å². The Hall–Kier alpha value is -2.04. The van der Waals surface area contributed by atoms with Gasteiger partial charge in [0.15, 0.2) is 6.61 Å². The number of hydrogen-bond donors (Lipinski definition) is 1. The molecule has 1 N–H and O–H groups in total. The van der Waals surface area contributed by atoms with E-state index in [2.05, 4.69) is 5.32 Å². The van der Waals surface area contributed by atoms with Crippen molar-refractivity contribution in [1.29, 1.82) is 0 Å². The third-order valence-electron chi connectivity index (χ3n) is 6.49. The summed E-state index contributed by atoms with van der Waals surface area (Å²) < 4.78 is 10.5. The maximum Gasteiger partial charge on any atom is 0.310 e. The zero-order valence-corrected chi connectivity index (χ0v) is 15.3. The third-order valence-corrected chi connectivity index (χ3v) is 6.49. The molecule has 5 nitrogen and oxygen atoms in total. The topological polar surface area (TPSA) is 64.6 Å². The molecule has 0 heterocycles. The molecule has 0 radical (unpaired) electrons. The standard InChI is InChI=1S/C21H27NO4/c1-25-18-4-2-13(3-5-18)11-22-19(23)12-26-21(24)20-16-7-14-6-15(9-16)10-17(20)8-14/h2-5,14-17,20H,6-12H2,1H3,(H,22,23). The van der Waals surface area contributed by atoms with Crippen LogP contribution in [-0.2, 0) is 20.9 Å². The third kappa shape index (κ3) is 3.57. The molecule has 26 heavy (non-hydrogen) atoms. The first-order chi connectivity index (χ1) is 12.6. The van der Waals surface area contributed by atoms with Crippen molar-refractivity contribution >= 4 is 11.9 Å². The molecule has 140 valence electrons. The van der Waals surface area contributed by atoms with E-state index in [1.807, 2.05) is 24.3 Å². The molecule has 4 saturated carbocycles. The molecule has 0 unspecified atom stereocenters. The van der Waals surface area contributed by atoms with Crippen molar-refractivity contribution in [2.75, 3.05) is 13.7 Å². The van der Waals surface area contributed by atoms with Gasteiger partial charge < -0.3 is 14.8 Å². The summed E-state index contributed by atoms with van der Waals surface area (Å²) >= 11 is 0. The number of amides is 1. The van der Waals surface area contributed by atoms with E-state index in [4.69, 9.17) is 9.47 Å². The maximum atomic E-state index is 12.6. The average molecular weight is 357 g/mol. The van der Waals surface area contributed by atoms with Crippen LogP contribution in [0.5, 0.6) is 5.75 Å². The van der Waals surface area contributed by atoms with E-state index in [1.54, 1.807) is 7.11 Å². The fourth-order valence-corrected chi connectivity index (χ4v) is 5.54. The van der Waals surface area contributed by atoms with E-state index in [1.165, 1.54) is 32.1 Å². The van der Waals surface area contributed by atoms with Gasteiger partial charge in [0.1, 0.15) is 5.75 Å². The first-order valence-corrected chi connectivity index (χ1v) is 9.68. The van der Waals surface area contributed by atoms with Gasteiger partial charge in [-0.3, -0.25) is 9.59 Å². The summed E-state index contributed by atoms with van der Waals surface area (Å²) in [5.41, 5.74) is 0.978. The Balaban J connectivity index is 1.23. The van der Waals surface area contributed by atoms with Gasteiger partial charge in [-0.05, 0) is 73.5 Å². The van der Waals surface area contributed by atoms with E-state index in [-0.39, 0.29) is 24.4 Å². The van der Waals surface area contributed by atoms with Crippen molar-refractivity contribution in [3.8, 4) is 5.75 Å².